The van der Waals surface area contributed by atoms with Crippen molar-refractivity contribution in [1.82, 2.24) is 0 Å². The number of aromatic carboxylic acids is 1. The molecule has 7 heteroatoms. The first-order chi connectivity index (χ1) is 9.06. The van der Waals surface area contributed by atoms with Crippen LogP contribution in [-0.2, 0) is 0 Å². The summed E-state index contributed by atoms with van der Waals surface area (Å²) in [7, 11) is 0. The summed E-state index contributed by atoms with van der Waals surface area (Å²) in [6.07, 6.45) is 0.868. The van der Waals surface area contributed by atoms with Crippen LogP contribution in [-0.4, -0.2) is 34.0 Å². The number of rotatable bonds is 8. The van der Waals surface area contributed by atoms with Crippen molar-refractivity contribution in [1.29, 1.82) is 0 Å². The van der Waals surface area contributed by atoms with Gasteiger partial charge in [0.15, 0.2) is 0 Å². The van der Waals surface area contributed by atoms with Crippen LogP contribution in [0.25, 0.3) is 0 Å². The molecule has 0 spiro atoms. The minimum Gasteiger partial charge on any atom is -0.478 e. The number of benzene rings is 1. The highest BCUT2D eigenvalue weighted by Gasteiger charge is 2.15. The number of nitro benzene ring substituents is 1. The number of anilines is 1. The predicted octanol–water partition coefficient (Wildman–Crippen LogP) is 2.85. The Hall–Kier alpha value is -1.76. The summed E-state index contributed by atoms with van der Waals surface area (Å²) >= 11 is 1.79. The van der Waals surface area contributed by atoms with Gasteiger partial charge in [0.05, 0.1) is 10.5 Å². The maximum absolute atomic E-state index is 10.9. The third-order valence-electron chi connectivity index (χ3n) is 2.43. The molecular weight excluding hydrogens is 268 g/mol. The quantitative estimate of drug-likeness (QED) is 0.433. The first kappa shape index (κ1) is 15.3. The number of hydrogen-bond donors (Lipinski definition) is 2. The maximum atomic E-state index is 10.9. The highest BCUT2D eigenvalue weighted by atomic mass is 32.2. The van der Waals surface area contributed by atoms with Crippen LogP contribution in [0, 0.1) is 10.1 Å². The highest BCUT2D eigenvalue weighted by Crippen LogP contribution is 2.25. The molecule has 2 N–H and O–H groups in total. The van der Waals surface area contributed by atoms with E-state index in [9.17, 15) is 14.9 Å². The fraction of sp³-hybridized carbons (Fsp3) is 0.417. The molecule has 0 aliphatic rings. The van der Waals surface area contributed by atoms with Crippen molar-refractivity contribution in [2.45, 2.75) is 13.3 Å². The van der Waals surface area contributed by atoms with Crippen LogP contribution in [0.2, 0.25) is 0 Å². The fourth-order valence-corrected chi connectivity index (χ4v) is 2.15. The molecule has 0 radical (unpaired) electrons. The van der Waals surface area contributed by atoms with Gasteiger partial charge in [0.2, 0.25) is 0 Å². The summed E-state index contributed by atoms with van der Waals surface area (Å²) in [6, 6.07) is 3.75. The molecule has 0 saturated carbocycles. The van der Waals surface area contributed by atoms with Crippen LogP contribution in [0.15, 0.2) is 18.2 Å². The van der Waals surface area contributed by atoms with Gasteiger partial charge in [-0.15, -0.1) is 0 Å². The summed E-state index contributed by atoms with van der Waals surface area (Å²) in [5.41, 5.74) is 0.190. The minimum atomic E-state index is -1.10. The maximum Gasteiger partial charge on any atom is 0.335 e. The molecule has 0 amide bonds. The van der Waals surface area contributed by atoms with Gasteiger partial charge in [-0.25, -0.2) is 4.79 Å². The third kappa shape index (κ3) is 4.78. The molecule has 6 nitrogen and oxygen atoms in total. The van der Waals surface area contributed by atoms with Gasteiger partial charge < -0.3 is 10.4 Å². The zero-order chi connectivity index (χ0) is 14.3. The molecule has 0 unspecified atom stereocenters. The molecule has 0 saturated heterocycles. The van der Waals surface area contributed by atoms with E-state index in [1.54, 1.807) is 11.8 Å². The molecule has 0 aromatic heterocycles. The van der Waals surface area contributed by atoms with Gasteiger partial charge in [0.25, 0.3) is 5.69 Å². The summed E-state index contributed by atoms with van der Waals surface area (Å²) < 4.78 is 0. The Morgan fingerprint density at radius 3 is 2.84 bits per heavy atom. The molecule has 0 heterocycles. The Morgan fingerprint density at radius 2 is 2.26 bits per heavy atom. The van der Waals surface area contributed by atoms with Crippen LogP contribution in [0.4, 0.5) is 11.4 Å². The Morgan fingerprint density at radius 1 is 1.53 bits per heavy atom. The second-order valence-electron chi connectivity index (χ2n) is 3.77. The van der Waals surface area contributed by atoms with Gasteiger partial charge >= 0.3 is 5.97 Å². The normalized spacial score (nSPS) is 10.2. The summed E-state index contributed by atoms with van der Waals surface area (Å²) in [5.74, 6) is 0.907. The van der Waals surface area contributed by atoms with Crippen molar-refractivity contribution in [2.75, 3.05) is 23.4 Å². The van der Waals surface area contributed by atoms with Crippen LogP contribution in [0.3, 0.4) is 0 Å². The van der Waals surface area contributed by atoms with E-state index in [1.807, 2.05) is 0 Å². The van der Waals surface area contributed by atoms with Crippen LogP contribution in [0.1, 0.15) is 23.7 Å². The largest absolute Gasteiger partial charge is 0.478 e. The van der Waals surface area contributed by atoms with Crippen molar-refractivity contribution in [2.24, 2.45) is 0 Å². The van der Waals surface area contributed by atoms with Crippen molar-refractivity contribution in [3.63, 3.8) is 0 Å². The topological polar surface area (TPSA) is 92.5 Å². The standard InChI is InChI=1S/C12H16N2O4S/c1-2-19-7-3-6-13-10-8-9(12(15)16)4-5-11(10)14(17)18/h4-5,8,13H,2-3,6-7H2,1H3,(H,15,16). The number of hydrogen-bond acceptors (Lipinski definition) is 5. The number of carboxylic acid groups (broad SMARTS) is 1. The Labute approximate surface area is 115 Å². The molecular formula is C12H16N2O4S. The molecule has 0 aliphatic carbocycles. The first-order valence-corrected chi connectivity index (χ1v) is 7.05. The average Bonchev–Trinajstić information content (AvgIpc) is 2.38. The van der Waals surface area contributed by atoms with Gasteiger partial charge in [-0.1, -0.05) is 6.92 Å². The molecule has 0 atom stereocenters. The number of nitrogens with zero attached hydrogens (tertiary/aromatic N) is 1. The second-order valence-corrected chi connectivity index (χ2v) is 5.17. The fourth-order valence-electron chi connectivity index (χ4n) is 1.51. The van der Waals surface area contributed by atoms with Crippen LogP contribution >= 0.6 is 11.8 Å². The van der Waals surface area contributed by atoms with E-state index >= 15 is 0 Å². The number of thioether (sulfide) groups is 1. The predicted molar refractivity (Wildman–Crippen MR) is 76.2 cm³/mol. The molecule has 0 fully saturated rings. The number of carboxylic acids is 1. The summed E-state index contributed by atoms with van der Waals surface area (Å²) in [6.45, 7) is 2.65. The van der Waals surface area contributed by atoms with Crippen LogP contribution < -0.4 is 5.32 Å². The number of carbonyl (C=O) groups is 1. The second kappa shape index (κ2) is 7.63. The molecule has 1 aromatic carbocycles. The van der Waals surface area contributed by atoms with Gasteiger partial charge in [-0.05, 0) is 30.1 Å². The average molecular weight is 284 g/mol. The molecule has 19 heavy (non-hydrogen) atoms. The van der Waals surface area contributed by atoms with Gasteiger partial charge in [0, 0.05) is 12.6 Å². The van der Waals surface area contributed by atoms with Crippen molar-refractivity contribution < 1.29 is 14.8 Å². The summed E-state index contributed by atoms with van der Waals surface area (Å²) in [5, 5.41) is 22.7. The Balaban J connectivity index is 2.74. The molecule has 1 aromatic rings. The summed E-state index contributed by atoms with van der Waals surface area (Å²) in [4.78, 5) is 21.2. The van der Waals surface area contributed by atoms with Gasteiger partial charge in [-0.2, -0.15) is 11.8 Å². The van der Waals surface area contributed by atoms with E-state index in [-0.39, 0.29) is 16.9 Å². The monoisotopic (exact) mass is 284 g/mol. The van der Waals surface area contributed by atoms with Gasteiger partial charge in [-0.3, -0.25) is 10.1 Å². The number of nitrogens with one attached hydrogen (secondary N) is 1. The van der Waals surface area contributed by atoms with Crippen LogP contribution in [0.5, 0.6) is 0 Å². The first-order valence-electron chi connectivity index (χ1n) is 5.89. The minimum absolute atomic E-state index is 0.0380. The Kier molecular flexibility index (Phi) is 6.14. The van der Waals surface area contributed by atoms with E-state index in [4.69, 9.17) is 5.11 Å². The molecule has 104 valence electrons. The van der Waals surface area contributed by atoms with E-state index in [0.29, 0.717) is 6.54 Å². The van der Waals surface area contributed by atoms with E-state index < -0.39 is 10.9 Å². The van der Waals surface area contributed by atoms with E-state index in [0.717, 1.165) is 17.9 Å². The number of nitro groups is 1. The lowest BCUT2D eigenvalue weighted by atomic mass is 10.1. The Bertz CT molecular complexity index is 465. The highest BCUT2D eigenvalue weighted by molar-refractivity contribution is 7.99. The van der Waals surface area contributed by atoms with Crippen molar-refractivity contribution in [3.8, 4) is 0 Å². The molecule has 0 bridgehead atoms. The van der Waals surface area contributed by atoms with Gasteiger partial charge in [0.1, 0.15) is 5.69 Å². The molecule has 0 aliphatic heterocycles. The SMILES string of the molecule is CCSCCCNc1cc(C(=O)O)ccc1[N+](=O)[O-]. The zero-order valence-electron chi connectivity index (χ0n) is 10.6. The van der Waals surface area contributed by atoms with E-state index in [2.05, 4.69) is 12.2 Å². The lowest BCUT2D eigenvalue weighted by Crippen LogP contribution is -2.07. The lowest BCUT2D eigenvalue weighted by Gasteiger charge is -2.07. The van der Waals surface area contributed by atoms with Crippen molar-refractivity contribution in [3.05, 3.63) is 33.9 Å². The zero-order valence-corrected chi connectivity index (χ0v) is 11.4. The van der Waals surface area contributed by atoms with Crippen molar-refractivity contribution >= 4 is 29.1 Å². The lowest BCUT2D eigenvalue weighted by molar-refractivity contribution is -0.384. The van der Waals surface area contributed by atoms with E-state index in [1.165, 1.54) is 18.2 Å². The smallest absolute Gasteiger partial charge is 0.335 e. The molecule has 1 rings (SSSR count). The third-order valence-corrected chi connectivity index (χ3v) is 3.41.